The van der Waals surface area contributed by atoms with Crippen LogP contribution in [0.1, 0.15) is 33.1 Å². The number of aliphatic hydroxyl groups is 1. The Labute approximate surface area is 75.6 Å². The summed E-state index contributed by atoms with van der Waals surface area (Å²) in [6.45, 7) is 7.37. The average molecular weight is 171 g/mol. The molecular weight excluding hydrogens is 150 g/mol. The number of aliphatic hydroxyl groups excluding tert-OH is 1. The third-order valence-electron chi connectivity index (χ3n) is 2.59. The van der Waals surface area contributed by atoms with Gasteiger partial charge in [-0.05, 0) is 32.2 Å². The molecule has 0 aliphatic carbocycles. The summed E-state index contributed by atoms with van der Waals surface area (Å²) in [5.74, 6) is 0.897. The maximum atomic E-state index is 9.19. The second-order valence-corrected chi connectivity index (χ2v) is 4.05. The van der Waals surface area contributed by atoms with Crippen molar-refractivity contribution in [3.63, 3.8) is 0 Å². The molecule has 1 aliphatic heterocycles. The van der Waals surface area contributed by atoms with Gasteiger partial charge < -0.3 is 10.0 Å². The van der Waals surface area contributed by atoms with Crippen molar-refractivity contribution in [3.8, 4) is 0 Å². The van der Waals surface area contributed by atoms with Gasteiger partial charge in [-0.3, -0.25) is 0 Å². The lowest BCUT2D eigenvalue weighted by atomic mass is 10.0. The van der Waals surface area contributed by atoms with Crippen LogP contribution in [0.5, 0.6) is 0 Å². The van der Waals surface area contributed by atoms with E-state index in [2.05, 4.69) is 11.8 Å². The van der Waals surface area contributed by atoms with E-state index in [0.29, 0.717) is 0 Å². The van der Waals surface area contributed by atoms with E-state index in [9.17, 15) is 5.11 Å². The lowest BCUT2D eigenvalue weighted by Gasteiger charge is -2.17. The number of likely N-dealkylation sites (tertiary alicyclic amines) is 1. The first kappa shape index (κ1) is 10.0. The summed E-state index contributed by atoms with van der Waals surface area (Å²) in [6.07, 6.45) is 3.83. The van der Waals surface area contributed by atoms with Crippen LogP contribution in [-0.2, 0) is 0 Å². The maximum Gasteiger partial charge on any atom is 0.0639 e. The second kappa shape index (κ2) is 4.83. The lowest BCUT2D eigenvalue weighted by Crippen LogP contribution is -2.28. The predicted octanol–water partition coefficient (Wildman–Crippen LogP) is 1.49. The molecule has 72 valence electrons. The molecule has 1 heterocycles. The molecule has 0 saturated carbocycles. The average Bonchev–Trinajstić information content (AvgIpc) is 2.36. The van der Waals surface area contributed by atoms with Gasteiger partial charge in [-0.2, -0.15) is 0 Å². The topological polar surface area (TPSA) is 23.5 Å². The SMILES string of the molecule is CCCC1CCN(C[C@@H](C)O)C1. The minimum Gasteiger partial charge on any atom is -0.392 e. The summed E-state index contributed by atoms with van der Waals surface area (Å²) < 4.78 is 0. The zero-order valence-corrected chi connectivity index (χ0v) is 8.29. The molecule has 1 unspecified atom stereocenters. The molecule has 0 aromatic rings. The molecular formula is C10H21NO. The molecule has 1 aliphatic rings. The van der Waals surface area contributed by atoms with Crippen molar-refractivity contribution >= 4 is 0 Å². The number of nitrogens with zero attached hydrogens (tertiary/aromatic N) is 1. The summed E-state index contributed by atoms with van der Waals surface area (Å²) in [4.78, 5) is 2.38. The summed E-state index contributed by atoms with van der Waals surface area (Å²) >= 11 is 0. The Bertz CT molecular complexity index is 125. The highest BCUT2D eigenvalue weighted by Gasteiger charge is 2.21. The standard InChI is InChI=1S/C10H21NO/c1-3-4-10-5-6-11(8-10)7-9(2)12/h9-10,12H,3-8H2,1-2H3/t9-,10?/m1/s1. The molecule has 0 aromatic carbocycles. The quantitative estimate of drug-likeness (QED) is 0.692. The third kappa shape index (κ3) is 3.11. The molecule has 1 saturated heterocycles. The first-order chi connectivity index (χ1) is 5.72. The fourth-order valence-corrected chi connectivity index (χ4v) is 2.10. The van der Waals surface area contributed by atoms with Crippen molar-refractivity contribution in [1.29, 1.82) is 0 Å². The minimum absolute atomic E-state index is 0.162. The summed E-state index contributed by atoms with van der Waals surface area (Å²) in [6, 6.07) is 0. The van der Waals surface area contributed by atoms with Crippen LogP contribution in [0.4, 0.5) is 0 Å². The van der Waals surface area contributed by atoms with Gasteiger partial charge in [0.1, 0.15) is 0 Å². The Kier molecular flexibility index (Phi) is 4.02. The zero-order valence-electron chi connectivity index (χ0n) is 8.29. The minimum atomic E-state index is -0.162. The molecule has 1 rings (SSSR count). The van der Waals surface area contributed by atoms with Crippen LogP contribution in [0, 0.1) is 5.92 Å². The van der Waals surface area contributed by atoms with Crippen LogP contribution in [-0.4, -0.2) is 35.7 Å². The monoisotopic (exact) mass is 171 g/mol. The van der Waals surface area contributed by atoms with Crippen LogP contribution < -0.4 is 0 Å². The molecule has 1 N–H and O–H groups in total. The largest absolute Gasteiger partial charge is 0.392 e. The van der Waals surface area contributed by atoms with Crippen molar-refractivity contribution in [3.05, 3.63) is 0 Å². The number of rotatable bonds is 4. The number of β-amino-alcohol motifs (C(OH)–C–C–N with tert-alkyl or cyclic N) is 1. The summed E-state index contributed by atoms with van der Waals surface area (Å²) in [7, 11) is 0. The van der Waals surface area contributed by atoms with E-state index >= 15 is 0 Å². The lowest BCUT2D eigenvalue weighted by molar-refractivity contribution is 0.138. The highest BCUT2D eigenvalue weighted by Crippen LogP contribution is 2.20. The smallest absolute Gasteiger partial charge is 0.0639 e. The molecule has 2 heteroatoms. The van der Waals surface area contributed by atoms with E-state index in [1.807, 2.05) is 6.92 Å². The molecule has 0 radical (unpaired) electrons. The highest BCUT2D eigenvalue weighted by molar-refractivity contribution is 4.76. The molecule has 0 bridgehead atoms. The van der Waals surface area contributed by atoms with Gasteiger partial charge in [0.05, 0.1) is 6.10 Å². The molecule has 2 nitrogen and oxygen atoms in total. The molecule has 2 atom stereocenters. The Morgan fingerprint density at radius 3 is 2.92 bits per heavy atom. The van der Waals surface area contributed by atoms with E-state index in [-0.39, 0.29) is 6.10 Å². The Hall–Kier alpha value is -0.0800. The first-order valence-corrected chi connectivity index (χ1v) is 5.12. The Balaban J connectivity index is 2.16. The van der Waals surface area contributed by atoms with Crippen LogP contribution >= 0.6 is 0 Å². The second-order valence-electron chi connectivity index (χ2n) is 4.05. The van der Waals surface area contributed by atoms with Crippen molar-refractivity contribution in [2.24, 2.45) is 5.92 Å². The summed E-state index contributed by atoms with van der Waals surface area (Å²) in [5, 5.41) is 9.19. The van der Waals surface area contributed by atoms with Crippen molar-refractivity contribution < 1.29 is 5.11 Å². The van der Waals surface area contributed by atoms with Crippen LogP contribution in [0.25, 0.3) is 0 Å². The zero-order chi connectivity index (χ0) is 8.97. The van der Waals surface area contributed by atoms with E-state index in [1.165, 1.54) is 32.4 Å². The molecule has 1 fully saturated rings. The van der Waals surface area contributed by atoms with Gasteiger partial charge in [-0.15, -0.1) is 0 Å². The predicted molar refractivity (Wildman–Crippen MR) is 51.1 cm³/mol. The number of hydrogen-bond donors (Lipinski definition) is 1. The van der Waals surface area contributed by atoms with Gasteiger partial charge in [0.15, 0.2) is 0 Å². The molecule has 0 spiro atoms. The van der Waals surface area contributed by atoms with E-state index in [4.69, 9.17) is 0 Å². The van der Waals surface area contributed by atoms with Crippen molar-refractivity contribution in [2.75, 3.05) is 19.6 Å². The van der Waals surface area contributed by atoms with Gasteiger partial charge >= 0.3 is 0 Å². The van der Waals surface area contributed by atoms with Crippen LogP contribution in [0.15, 0.2) is 0 Å². The van der Waals surface area contributed by atoms with Gasteiger partial charge in [0.2, 0.25) is 0 Å². The fraction of sp³-hybridized carbons (Fsp3) is 1.00. The normalized spacial score (nSPS) is 27.8. The van der Waals surface area contributed by atoms with Crippen molar-refractivity contribution in [1.82, 2.24) is 4.90 Å². The van der Waals surface area contributed by atoms with Gasteiger partial charge in [-0.25, -0.2) is 0 Å². The molecule has 0 aromatic heterocycles. The fourth-order valence-electron chi connectivity index (χ4n) is 2.10. The third-order valence-corrected chi connectivity index (χ3v) is 2.59. The highest BCUT2D eigenvalue weighted by atomic mass is 16.3. The Morgan fingerprint density at radius 2 is 2.33 bits per heavy atom. The van der Waals surface area contributed by atoms with Crippen molar-refractivity contribution in [2.45, 2.75) is 39.2 Å². The Morgan fingerprint density at radius 1 is 1.58 bits per heavy atom. The van der Waals surface area contributed by atoms with Crippen LogP contribution in [0.2, 0.25) is 0 Å². The van der Waals surface area contributed by atoms with E-state index in [1.54, 1.807) is 0 Å². The number of hydrogen-bond acceptors (Lipinski definition) is 2. The van der Waals surface area contributed by atoms with Gasteiger partial charge in [0.25, 0.3) is 0 Å². The van der Waals surface area contributed by atoms with E-state index in [0.717, 1.165) is 12.5 Å². The maximum absolute atomic E-state index is 9.19. The van der Waals surface area contributed by atoms with Gasteiger partial charge in [-0.1, -0.05) is 13.3 Å². The first-order valence-electron chi connectivity index (χ1n) is 5.12. The summed E-state index contributed by atoms with van der Waals surface area (Å²) in [5.41, 5.74) is 0. The van der Waals surface area contributed by atoms with Gasteiger partial charge in [0, 0.05) is 13.1 Å². The van der Waals surface area contributed by atoms with Crippen LogP contribution in [0.3, 0.4) is 0 Å². The van der Waals surface area contributed by atoms with E-state index < -0.39 is 0 Å². The molecule has 12 heavy (non-hydrogen) atoms. The molecule has 0 amide bonds.